The number of likely N-dealkylation sites (tertiary alicyclic amines) is 2. The molecule has 1 N–H and O–H groups in total. The Morgan fingerprint density at radius 3 is 2.14 bits per heavy atom. The lowest BCUT2D eigenvalue weighted by atomic mass is 9.81. The summed E-state index contributed by atoms with van der Waals surface area (Å²) in [6.45, 7) is 5.52. The van der Waals surface area contributed by atoms with Gasteiger partial charge in [0.1, 0.15) is 12.2 Å². The molecule has 4 fully saturated rings. The number of benzene rings is 2. The largest absolute Gasteiger partial charge is 0.445 e. The highest BCUT2D eigenvalue weighted by molar-refractivity contribution is 5.79. The quantitative estimate of drug-likeness (QED) is 0.447. The first kappa shape index (κ1) is 30.4. The van der Waals surface area contributed by atoms with Crippen molar-refractivity contribution in [2.75, 3.05) is 39.3 Å². The number of nitrogens with zero attached hydrogens (tertiary/aromatic N) is 3. The summed E-state index contributed by atoms with van der Waals surface area (Å²) in [5.74, 6) is 0.658. The number of hydrogen-bond donors (Lipinski definition) is 1. The summed E-state index contributed by atoms with van der Waals surface area (Å²) in [5, 5.41) is 3.35. The van der Waals surface area contributed by atoms with Crippen LogP contribution in [0.15, 0.2) is 60.7 Å². The molecule has 0 radical (unpaired) electrons. The second kappa shape index (κ2) is 14.0. The van der Waals surface area contributed by atoms with Crippen LogP contribution in [0.3, 0.4) is 0 Å². The highest BCUT2D eigenvalue weighted by atomic mass is 16.6. The molecule has 6 rings (SSSR count). The van der Waals surface area contributed by atoms with Crippen LogP contribution in [-0.4, -0.2) is 83.7 Å². The lowest BCUT2D eigenvalue weighted by Gasteiger charge is -2.37. The van der Waals surface area contributed by atoms with E-state index in [1.807, 2.05) is 35.2 Å². The number of hydrogen-bond acceptors (Lipinski definition) is 6. The van der Waals surface area contributed by atoms with E-state index in [9.17, 15) is 14.4 Å². The van der Waals surface area contributed by atoms with Gasteiger partial charge in [-0.15, -0.1) is 0 Å². The molecule has 3 heterocycles. The Morgan fingerprint density at radius 1 is 0.841 bits per heavy atom. The molecule has 1 saturated carbocycles. The van der Waals surface area contributed by atoms with E-state index in [0.29, 0.717) is 44.9 Å². The van der Waals surface area contributed by atoms with Gasteiger partial charge in [-0.3, -0.25) is 9.69 Å². The second-order valence-electron chi connectivity index (χ2n) is 13.2. The van der Waals surface area contributed by atoms with E-state index in [-0.39, 0.29) is 36.7 Å². The molecule has 2 aromatic rings. The molecule has 2 aromatic carbocycles. The molecule has 3 saturated heterocycles. The maximum absolute atomic E-state index is 13.1. The Morgan fingerprint density at radius 2 is 1.48 bits per heavy atom. The third kappa shape index (κ3) is 7.73. The predicted octanol–water partition coefficient (Wildman–Crippen LogP) is 5.20. The van der Waals surface area contributed by atoms with Gasteiger partial charge in [0.15, 0.2) is 0 Å². The molecule has 236 valence electrons. The molecular formula is C35H46N4O5. The molecule has 0 atom stereocenters. The summed E-state index contributed by atoms with van der Waals surface area (Å²) in [6, 6.07) is 20.5. The van der Waals surface area contributed by atoms with Crippen molar-refractivity contribution < 1.29 is 23.9 Å². The molecule has 0 aromatic heterocycles. The molecular weight excluding hydrogens is 556 g/mol. The van der Waals surface area contributed by atoms with Crippen molar-refractivity contribution in [3.8, 4) is 0 Å². The van der Waals surface area contributed by atoms with E-state index in [4.69, 9.17) is 9.47 Å². The van der Waals surface area contributed by atoms with Crippen molar-refractivity contribution in [3.05, 3.63) is 71.8 Å². The molecule has 3 amide bonds. The van der Waals surface area contributed by atoms with Crippen molar-refractivity contribution in [1.29, 1.82) is 0 Å². The van der Waals surface area contributed by atoms with Gasteiger partial charge in [0.2, 0.25) is 5.91 Å². The molecule has 3 aliphatic heterocycles. The van der Waals surface area contributed by atoms with Gasteiger partial charge in [-0.2, -0.15) is 0 Å². The Balaban J connectivity index is 0.880. The summed E-state index contributed by atoms with van der Waals surface area (Å²) in [4.78, 5) is 44.6. The number of nitrogens with one attached hydrogen (secondary N) is 1. The van der Waals surface area contributed by atoms with E-state index in [1.54, 1.807) is 4.90 Å². The Kier molecular flexibility index (Phi) is 9.69. The Labute approximate surface area is 260 Å². The molecule has 9 heteroatoms. The van der Waals surface area contributed by atoms with Crippen molar-refractivity contribution >= 4 is 18.1 Å². The van der Waals surface area contributed by atoms with Crippen LogP contribution in [0.1, 0.15) is 62.5 Å². The summed E-state index contributed by atoms with van der Waals surface area (Å²) < 4.78 is 11.4. The van der Waals surface area contributed by atoms with Gasteiger partial charge in [-0.1, -0.05) is 60.7 Å². The maximum atomic E-state index is 13.1. The zero-order valence-electron chi connectivity index (χ0n) is 25.7. The Bertz CT molecular complexity index is 1250. The van der Waals surface area contributed by atoms with E-state index in [0.717, 1.165) is 63.7 Å². The first-order valence-corrected chi connectivity index (χ1v) is 16.4. The number of carbonyl (C=O) groups is 3. The summed E-state index contributed by atoms with van der Waals surface area (Å²) in [6.07, 6.45) is 6.31. The average molecular weight is 603 g/mol. The summed E-state index contributed by atoms with van der Waals surface area (Å²) in [5.41, 5.74) is 1.77. The van der Waals surface area contributed by atoms with E-state index in [1.165, 1.54) is 5.56 Å². The van der Waals surface area contributed by atoms with E-state index >= 15 is 0 Å². The lowest BCUT2D eigenvalue weighted by Crippen LogP contribution is -2.49. The van der Waals surface area contributed by atoms with Crippen LogP contribution < -0.4 is 5.32 Å². The number of ether oxygens (including phenoxy) is 2. The van der Waals surface area contributed by atoms with Crippen molar-refractivity contribution in [3.63, 3.8) is 0 Å². The molecule has 1 aliphatic carbocycles. The molecule has 44 heavy (non-hydrogen) atoms. The molecule has 1 spiro atoms. The van der Waals surface area contributed by atoms with Crippen molar-refractivity contribution in [1.82, 2.24) is 20.0 Å². The Hall–Kier alpha value is -3.59. The fraction of sp³-hybridized carbons (Fsp3) is 0.571. The molecule has 4 aliphatic rings. The van der Waals surface area contributed by atoms with Gasteiger partial charge in [0.25, 0.3) is 0 Å². The minimum Gasteiger partial charge on any atom is -0.445 e. The number of amides is 3. The minimum absolute atomic E-state index is 0.0662. The first-order chi connectivity index (χ1) is 21.4. The van der Waals surface area contributed by atoms with Crippen molar-refractivity contribution in [2.24, 2.45) is 11.8 Å². The smallest absolute Gasteiger partial charge is 0.410 e. The highest BCUT2D eigenvalue weighted by Crippen LogP contribution is 2.36. The van der Waals surface area contributed by atoms with Crippen LogP contribution in [0.25, 0.3) is 0 Å². The van der Waals surface area contributed by atoms with E-state index in [2.05, 4.69) is 40.5 Å². The predicted molar refractivity (Wildman–Crippen MR) is 167 cm³/mol. The SMILES string of the molecule is O=C(NC1CCN(Cc2ccccc2)CC1)C1CCC(CN2CC3(CCN(C(=O)OCc4ccccc4)CC3)OC2=O)CC1. The van der Waals surface area contributed by atoms with E-state index < -0.39 is 5.60 Å². The van der Waals surface area contributed by atoms with Crippen LogP contribution in [0.2, 0.25) is 0 Å². The zero-order valence-corrected chi connectivity index (χ0v) is 25.7. The fourth-order valence-electron chi connectivity index (χ4n) is 7.32. The van der Waals surface area contributed by atoms with Gasteiger partial charge >= 0.3 is 12.2 Å². The maximum Gasteiger partial charge on any atom is 0.410 e. The van der Waals surface area contributed by atoms with Gasteiger partial charge < -0.3 is 24.6 Å². The van der Waals surface area contributed by atoms with Crippen LogP contribution in [0, 0.1) is 11.8 Å². The topological polar surface area (TPSA) is 91.4 Å². The van der Waals surface area contributed by atoms with Gasteiger partial charge in [0.05, 0.1) is 6.54 Å². The first-order valence-electron chi connectivity index (χ1n) is 16.4. The minimum atomic E-state index is -0.527. The van der Waals surface area contributed by atoms with Crippen LogP contribution in [0.5, 0.6) is 0 Å². The average Bonchev–Trinajstić information content (AvgIpc) is 3.35. The summed E-state index contributed by atoms with van der Waals surface area (Å²) >= 11 is 0. The van der Waals surface area contributed by atoms with Crippen LogP contribution in [-0.2, 0) is 27.4 Å². The van der Waals surface area contributed by atoms with Gasteiger partial charge in [0, 0.05) is 64.1 Å². The molecule has 9 nitrogen and oxygen atoms in total. The van der Waals surface area contributed by atoms with Gasteiger partial charge in [-0.25, -0.2) is 9.59 Å². The van der Waals surface area contributed by atoms with Crippen LogP contribution in [0.4, 0.5) is 9.59 Å². The zero-order chi connectivity index (χ0) is 30.4. The van der Waals surface area contributed by atoms with Gasteiger partial charge in [-0.05, 0) is 55.6 Å². The number of carbonyl (C=O) groups excluding carboxylic acids is 3. The van der Waals surface area contributed by atoms with Crippen molar-refractivity contribution in [2.45, 2.75) is 76.2 Å². The highest BCUT2D eigenvalue weighted by Gasteiger charge is 2.48. The summed E-state index contributed by atoms with van der Waals surface area (Å²) in [7, 11) is 0. The number of piperidine rings is 2. The fourth-order valence-corrected chi connectivity index (χ4v) is 7.32. The molecule has 0 bridgehead atoms. The third-order valence-corrected chi connectivity index (χ3v) is 10.1. The number of rotatable bonds is 8. The second-order valence-corrected chi connectivity index (χ2v) is 13.2. The molecule has 0 unspecified atom stereocenters. The third-order valence-electron chi connectivity index (χ3n) is 10.1. The lowest BCUT2D eigenvalue weighted by molar-refractivity contribution is -0.127. The standard InChI is InChI=1S/C35H46N4O5/c40-32(36-31-15-19-37(20-16-31)23-27-7-3-1-4-8-27)30-13-11-28(12-14-30)24-39-26-35(44-34(39)42)17-21-38(22-18-35)33(41)43-25-29-9-5-2-6-10-29/h1-10,28,30-31H,11-26H2,(H,36,40). The van der Waals surface area contributed by atoms with Crippen LogP contribution >= 0.6 is 0 Å². The monoisotopic (exact) mass is 602 g/mol. The normalized spacial score (nSPS) is 24.2.